The Bertz CT molecular complexity index is 1730. The second-order valence-electron chi connectivity index (χ2n) is 12.3. The highest BCUT2D eigenvalue weighted by molar-refractivity contribution is 7.10. The average Bonchev–Trinajstić information content (AvgIpc) is 3.33. The summed E-state index contributed by atoms with van der Waals surface area (Å²) < 4.78 is 35.8. The SMILES string of the molecule is N=C(N)c1csc([C@@H](CO)NC(=O)[C@@H]2C[C@]3(COCCCN)C[C@@H]3N2C(=O)CNC(=O)c2ccc3c(c2)-c2ccccc2C3(F)F)c1. The molecule has 11 nitrogen and oxygen atoms in total. The summed E-state index contributed by atoms with van der Waals surface area (Å²) in [4.78, 5) is 42.6. The van der Waals surface area contributed by atoms with Gasteiger partial charge in [0.25, 0.3) is 11.8 Å². The van der Waals surface area contributed by atoms with Crippen LogP contribution in [0.4, 0.5) is 8.78 Å². The van der Waals surface area contributed by atoms with Crippen molar-refractivity contribution >= 4 is 34.9 Å². The molecule has 2 fully saturated rings. The molecule has 4 atom stereocenters. The molecular formula is C33H36F2N6O5S. The average molecular weight is 667 g/mol. The number of halogens is 2. The van der Waals surface area contributed by atoms with Gasteiger partial charge in [0.05, 0.1) is 25.8 Å². The zero-order chi connectivity index (χ0) is 33.5. The summed E-state index contributed by atoms with van der Waals surface area (Å²) in [7, 11) is 0. The Morgan fingerprint density at radius 2 is 1.87 bits per heavy atom. The van der Waals surface area contributed by atoms with Crippen molar-refractivity contribution in [1.29, 1.82) is 5.41 Å². The number of likely N-dealkylation sites (tertiary alicyclic amines) is 1. The molecule has 14 heteroatoms. The van der Waals surface area contributed by atoms with Gasteiger partial charge in [-0.1, -0.05) is 30.3 Å². The Morgan fingerprint density at radius 3 is 2.60 bits per heavy atom. The fourth-order valence-electron chi connectivity index (χ4n) is 6.70. The van der Waals surface area contributed by atoms with Crippen molar-refractivity contribution < 1.29 is 33.0 Å². The molecule has 0 spiro atoms. The lowest BCUT2D eigenvalue weighted by Crippen LogP contribution is -2.51. The highest BCUT2D eigenvalue weighted by Gasteiger charge is 2.67. The second-order valence-corrected chi connectivity index (χ2v) is 13.2. The number of ether oxygens (including phenoxy) is 1. The number of nitrogens with zero attached hydrogens (tertiary/aromatic N) is 1. The third-order valence-corrected chi connectivity index (χ3v) is 10.3. The number of carbonyl (C=O) groups is 3. The number of benzene rings is 2. The van der Waals surface area contributed by atoms with Gasteiger partial charge in [0.15, 0.2) is 0 Å². The summed E-state index contributed by atoms with van der Waals surface area (Å²) in [5.41, 5.74) is 11.6. The van der Waals surface area contributed by atoms with Crippen molar-refractivity contribution in [1.82, 2.24) is 15.5 Å². The third-order valence-electron chi connectivity index (χ3n) is 9.24. The molecule has 0 unspecified atom stereocenters. The predicted octanol–water partition coefficient (Wildman–Crippen LogP) is 2.46. The van der Waals surface area contributed by atoms with Gasteiger partial charge >= 0.3 is 0 Å². The number of nitrogens with two attached hydrogens (primary N) is 2. The first-order chi connectivity index (χ1) is 22.5. The van der Waals surface area contributed by atoms with E-state index in [1.54, 1.807) is 29.6 Å². The van der Waals surface area contributed by atoms with Crippen LogP contribution < -0.4 is 22.1 Å². The van der Waals surface area contributed by atoms with Crippen LogP contribution in [-0.4, -0.2) is 78.6 Å². The molecule has 1 aliphatic heterocycles. The van der Waals surface area contributed by atoms with E-state index in [4.69, 9.17) is 21.6 Å². The standard InChI is InChI=1S/C33H36F2N6O5S/c34-33(35)22-5-2-1-4-20(22)21-10-18(6-7-23(21)33)30(44)39-14-28(43)41-25(12-32(13-27(32)41)17-46-9-3-8-36)31(45)40-24(15-42)26-11-19(16-47-26)29(37)38/h1-2,4-7,10-11,16,24-25,27,42H,3,8-9,12-15,17,36H2,(H3,37,38)(H,39,44)(H,40,45)/t24-,25+,27+,32-/m1/s1. The topological polar surface area (TPSA) is 184 Å². The lowest BCUT2D eigenvalue weighted by atomic mass is 9.99. The van der Waals surface area contributed by atoms with Crippen LogP contribution in [0.15, 0.2) is 53.9 Å². The van der Waals surface area contributed by atoms with Crippen LogP contribution in [0.1, 0.15) is 57.2 Å². The number of piperidine rings is 1. The first kappa shape index (κ1) is 32.7. The smallest absolute Gasteiger partial charge is 0.299 e. The molecule has 3 aromatic rings. The van der Waals surface area contributed by atoms with Crippen LogP contribution in [0.25, 0.3) is 11.1 Å². The van der Waals surface area contributed by atoms with Gasteiger partial charge in [-0.05, 0) is 55.1 Å². The molecule has 1 aromatic heterocycles. The van der Waals surface area contributed by atoms with Crippen LogP contribution in [0, 0.1) is 10.8 Å². The van der Waals surface area contributed by atoms with Gasteiger partial charge in [0.2, 0.25) is 11.8 Å². The van der Waals surface area contributed by atoms with Crippen LogP contribution in [0.2, 0.25) is 0 Å². The molecule has 2 aromatic carbocycles. The van der Waals surface area contributed by atoms with E-state index in [0.717, 1.165) is 0 Å². The van der Waals surface area contributed by atoms with Gasteiger partial charge in [-0.3, -0.25) is 19.8 Å². The first-order valence-corrected chi connectivity index (χ1v) is 16.2. The Morgan fingerprint density at radius 1 is 1.11 bits per heavy atom. The summed E-state index contributed by atoms with van der Waals surface area (Å²) in [5, 5.41) is 24.8. The maximum atomic E-state index is 15.0. The van der Waals surface area contributed by atoms with Gasteiger partial charge in [-0.15, -0.1) is 11.3 Å². The van der Waals surface area contributed by atoms with E-state index in [-0.39, 0.29) is 34.1 Å². The van der Waals surface area contributed by atoms with Gasteiger partial charge in [-0.2, -0.15) is 8.78 Å². The molecular weight excluding hydrogens is 630 g/mol. The minimum absolute atomic E-state index is 0.122. The Kier molecular flexibility index (Phi) is 8.87. The minimum Gasteiger partial charge on any atom is -0.394 e. The second kappa shape index (κ2) is 12.8. The van der Waals surface area contributed by atoms with Gasteiger partial charge in [-0.25, -0.2) is 0 Å². The monoisotopic (exact) mass is 666 g/mol. The highest BCUT2D eigenvalue weighted by atomic mass is 32.1. The normalized spacial score (nSPS) is 22.2. The number of nitrogens with one attached hydrogen (secondary N) is 3. The number of aliphatic hydroxyl groups excluding tert-OH is 1. The van der Waals surface area contributed by atoms with Gasteiger partial charge in [0.1, 0.15) is 11.9 Å². The lowest BCUT2D eigenvalue weighted by molar-refractivity contribution is -0.139. The van der Waals surface area contributed by atoms with Crippen molar-refractivity contribution in [2.24, 2.45) is 16.9 Å². The third kappa shape index (κ3) is 6.02. The number of amidine groups is 1. The number of aliphatic hydroxyl groups is 1. The van der Waals surface area contributed by atoms with Crippen molar-refractivity contribution in [2.45, 2.75) is 43.3 Å². The summed E-state index contributed by atoms with van der Waals surface area (Å²) in [6, 6.07) is 9.80. The van der Waals surface area contributed by atoms with E-state index < -0.39 is 54.3 Å². The van der Waals surface area contributed by atoms with Crippen molar-refractivity contribution in [3.05, 3.63) is 81.0 Å². The van der Waals surface area contributed by atoms with Crippen LogP contribution in [0.3, 0.4) is 0 Å². The highest BCUT2D eigenvalue weighted by Crippen LogP contribution is 2.59. The van der Waals surface area contributed by atoms with E-state index in [1.165, 1.54) is 40.5 Å². The van der Waals surface area contributed by atoms with Gasteiger partial charge < -0.3 is 36.8 Å². The molecule has 0 radical (unpaired) electrons. The number of thiophene rings is 1. The molecule has 3 aliphatic rings. The first-order valence-electron chi connectivity index (χ1n) is 15.3. The fourth-order valence-corrected chi connectivity index (χ4v) is 7.65. The number of amides is 3. The maximum absolute atomic E-state index is 15.0. The van der Waals surface area contributed by atoms with E-state index in [9.17, 15) is 28.3 Å². The zero-order valence-corrected chi connectivity index (χ0v) is 26.2. The van der Waals surface area contributed by atoms with Crippen LogP contribution in [-0.2, 0) is 20.2 Å². The number of rotatable bonds is 13. The summed E-state index contributed by atoms with van der Waals surface area (Å²) in [6.45, 7) is 0.445. The molecule has 6 rings (SSSR count). The number of fused-ring (bicyclic) bond motifs is 4. The van der Waals surface area contributed by atoms with Crippen molar-refractivity contribution in [3.63, 3.8) is 0 Å². The molecule has 8 N–H and O–H groups in total. The number of hydrogen-bond donors (Lipinski definition) is 6. The van der Waals surface area contributed by atoms with E-state index >= 15 is 0 Å². The summed E-state index contributed by atoms with van der Waals surface area (Å²) >= 11 is 1.24. The molecule has 1 saturated heterocycles. The molecule has 1 saturated carbocycles. The van der Waals surface area contributed by atoms with Crippen LogP contribution >= 0.6 is 11.3 Å². The molecule has 3 amide bonds. The number of alkyl halides is 2. The predicted molar refractivity (Wildman–Crippen MR) is 171 cm³/mol. The van der Waals surface area contributed by atoms with Crippen molar-refractivity contribution in [3.8, 4) is 11.1 Å². The number of nitrogen functional groups attached to an aromatic ring is 1. The maximum Gasteiger partial charge on any atom is 0.299 e. The lowest BCUT2D eigenvalue weighted by Gasteiger charge is -2.28. The van der Waals surface area contributed by atoms with Crippen molar-refractivity contribution in [2.75, 3.05) is 32.9 Å². The van der Waals surface area contributed by atoms with E-state index in [2.05, 4.69) is 10.6 Å². The molecule has 47 heavy (non-hydrogen) atoms. The summed E-state index contributed by atoms with van der Waals surface area (Å²) in [5.74, 6) is -4.86. The summed E-state index contributed by atoms with van der Waals surface area (Å²) in [6.07, 6.45) is 1.64. The van der Waals surface area contributed by atoms with E-state index in [1.807, 2.05) is 0 Å². The Hall–Kier alpha value is -4.24. The quantitative estimate of drug-likeness (QED) is 0.0920. The van der Waals surface area contributed by atoms with E-state index in [0.29, 0.717) is 55.0 Å². The molecule has 248 valence electrons. The Balaban J connectivity index is 1.16. The Labute approximate surface area is 273 Å². The molecule has 2 aliphatic carbocycles. The largest absolute Gasteiger partial charge is 0.394 e. The van der Waals surface area contributed by atoms with Gasteiger partial charge in [0, 0.05) is 50.6 Å². The fraction of sp³-hybridized carbons (Fsp3) is 0.394. The number of hydrogen-bond acceptors (Lipinski definition) is 8. The number of carbonyl (C=O) groups excluding carboxylic acids is 3. The van der Waals surface area contributed by atoms with Crippen LogP contribution in [0.5, 0.6) is 0 Å². The minimum atomic E-state index is -3.18. The molecule has 0 bridgehead atoms. The zero-order valence-electron chi connectivity index (χ0n) is 25.4. The molecule has 2 heterocycles.